The highest BCUT2D eigenvalue weighted by atomic mass is 16.6. The van der Waals surface area contributed by atoms with Gasteiger partial charge in [0.1, 0.15) is 18.2 Å². The minimum Gasteiger partial charge on any atom is -0.497 e. The molecule has 1 fully saturated rings. The van der Waals surface area contributed by atoms with Crippen molar-refractivity contribution in [2.24, 2.45) is 5.92 Å². The monoisotopic (exact) mass is 422 g/mol. The van der Waals surface area contributed by atoms with Crippen LogP contribution in [-0.2, 0) is 4.74 Å². The molecule has 31 heavy (non-hydrogen) atoms. The van der Waals surface area contributed by atoms with Crippen molar-refractivity contribution in [3.8, 4) is 11.4 Å². The van der Waals surface area contributed by atoms with Crippen molar-refractivity contribution in [2.45, 2.75) is 32.9 Å². The number of cyclic esters (lactones) is 1. The summed E-state index contributed by atoms with van der Waals surface area (Å²) in [7, 11) is 1.64. The van der Waals surface area contributed by atoms with Crippen molar-refractivity contribution in [2.75, 3.05) is 23.9 Å². The van der Waals surface area contributed by atoms with Crippen molar-refractivity contribution in [3.63, 3.8) is 0 Å². The van der Waals surface area contributed by atoms with Crippen LogP contribution >= 0.6 is 0 Å². The predicted molar refractivity (Wildman–Crippen MR) is 117 cm³/mol. The Hall–Kier alpha value is -3.62. The second-order valence-electron chi connectivity index (χ2n) is 7.78. The van der Waals surface area contributed by atoms with Gasteiger partial charge in [0.15, 0.2) is 0 Å². The number of amides is 1. The zero-order valence-corrected chi connectivity index (χ0v) is 18.0. The van der Waals surface area contributed by atoms with Gasteiger partial charge in [0, 0.05) is 18.0 Å². The third-order valence-corrected chi connectivity index (χ3v) is 5.35. The van der Waals surface area contributed by atoms with Gasteiger partial charge in [-0.25, -0.2) is 14.5 Å². The molecule has 0 radical (unpaired) electrons. The highest BCUT2D eigenvalue weighted by Gasteiger charge is 2.37. The molecule has 2 aromatic heterocycles. The lowest BCUT2D eigenvalue weighted by Gasteiger charge is -2.23. The fourth-order valence-corrected chi connectivity index (χ4v) is 3.46. The number of nitrogens with zero attached hydrogens (tertiary/aromatic N) is 5. The van der Waals surface area contributed by atoms with Crippen molar-refractivity contribution in [1.29, 1.82) is 0 Å². The first-order valence-electron chi connectivity index (χ1n) is 10.2. The first-order valence-corrected chi connectivity index (χ1v) is 10.2. The number of hydrogen-bond acceptors (Lipinski definition) is 7. The number of rotatable bonds is 7. The van der Waals surface area contributed by atoms with E-state index in [0.717, 1.165) is 17.0 Å². The molecule has 0 spiro atoms. The molecule has 1 aliphatic heterocycles. The molecule has 1 N–H and O–H groups in total. The maximum atomic E-state index is 12.2. The number of benzene rings is 1. The Morgan fingerprint density at radius 1 is 1.19 bits per heavy atom. The Kier molecular flexibility index (Phi) is 5.75. The molecule has 9 heteroatoms. The number of anilines is 2. The van der Waals surface area contributed by atoms with Gasteiger partial charge in [0.25, 0.3) is 0 Å². The normalized spacial score (nSPS) is 17.0. The Balaban J connectivity index is 1.49. The van der Waals surface area contributed by atoms with Crippen molar-refractivity contribution in [1.82, 2.24) is 19.7 Å². The van der Waals surface area contributed by atoms with Gasteiger partial charge in [-0.3, -0.25) is 4.90 Å². The topological polar surface area (TPSA) is 94.4 Å². The minimum absolute atomic E-state index is 0.0459. The van der Waals surface area contributed by atoms with Crippen molar-refractivity contribution >= 4 is 17.9 Å². The van der Waals surface area contributed by atoms with Crippen LogP contribution in [0.25, 0.3) is 5.69 Å². The summed E-state index contributed by atoms with van der Waals surface area (Å²) >= 11 is 0. The third-order valence-electron chi connectivity index (χ3n) is 5.35. The van der Waals surface area contributed by atoms with Gasteiger partial charge in [0.2, 0.25) is 5.95 Å². The molecule has 162 valence electrons. The van der Waals surface area contributed by atoms with Gasteiger partial charge in [-0.1, -0.05) is 13.8 Å². The van der Waals surface area contributed by atoms with Crippen LogP contribution in [0.1, 0.15) is 32.4 Å². The molecule has 0 bridgehead atoms. The number of aromatic nitrogens is 4. The SMILES string of the molecule is COc1ccc(-n2cc([C@@H](C)Nc3nccc(N4C(=O)OCC4C(C)C)n3)cn2)cc1. The zero-order valence-electron chi connectivity index (χ0n) is 18.0. The molecule has 0 saturated carbocycles. The molecule has 0 aliphatic carbocycles. The predicted octanol–water partition coefficient (Wildman–Crippen LogP) is 3.83. The van der Waals surface area contributed by atoms with E-state index >= 15 is 0 Å². The average molecular weight is 422 g/mol. The summed E-state index contributed by atoms with van der Waals surface area (Å²) in [5.41, 5.74) is 1.91. The number of carbonyl (C=O) groups excluding carboxylic acids is 1. The number of carbonyl (C=O) groups is 1. The van der Waals surface area contributed by atoms with E-state index in [1.807, 2.05) is 37.4 Å². The summed E-state index contributed by atoms with van der Waals surface area (Å²) in [4.78, 5) is 22.7. The van der Waals surface area contributed by atoms with Gasteiger partial charge in [-0.15, -0.1) is 0 Å². The summed E-state index contributed by atoms with van der Waals surface area (Å²) < 4.78 is 12.2. The molecule has 1 aliphatic rings. The van der Waals surface area contributed by atoms with Crippen molar-refractivity contribution in [3.05, 3.63) is 54.5 Å². The van der Waals surface area contributed by atoms with E-state index in [9.17, 15) is 4.79 Å². The highest BCUT2D eigenvalue weighted by Crippen LogP contribution is 2.27. The molecule has 2 atom stereocenters. The van der Waals surface area contributed by atoms with E-state index < -0.39 is 0 Å². The summed E-state index contributed by atoms with van der Waals surface area (Å²) in [6, 6.07) is 9.27. The molecule has 1 aromatic carbocycles. The lowest BCUT2D eigenvalue weighted by atomic mass is 10.0. The van der Waals surface area contributed by atoms with E-state index in [0.29, 0.717) is 18.4 Å². The molecule has 1 saturated heterocycles. The maximum Gasteiger partial charge on any atom is 0.415 e. The molecular formula is C22H26N6O3. The van der Waals surface area contributed by atoms with E-state index in [4.69, 9.17) is 9.47 Å². The second kappa shape index (κ2) is 8.63. The number of hydrogen-bond donors (Lipinski definition) is 1. The second-order valence-corrected chi connectivity index (χ2v) is 7.78. The number of ether oxygens (including phenoxy) is 2. The standard InChI is InChI=1S/C22H26N6O3/c1-14(2)19-13-31-22(29)28(19)20-9-10-23-21(26-20)25-15(3)16-11-24-27(12-16)17-5-7-18(30-4)8-6-17/h5-12,14-15,19H,13H2,1-4H3,(H,23,25,26)/t15-,19?/m1/s1. The smallest absolute Gasteiger partial charge is 0.415 e. The van der Waals surface area contributed by atoms with Crippen LogP contribution in [0.15, 0.2) is 48.9 Å². The minimum atomic E-state index is -0.378. The Morgan fingerprint density at radius 2 is 1.97 bits per heavy atom. The van der Waals surface area contributed by atoms with Gasteiger partial charge < -0.3 is 14.8 Å². The van der Waals surface area contributed by atoms with Crippen LogP contribution in [-0.4, -0.2) is 45.6 Å². The number of methoxy groups -OCH3 is 1. The van der Waals surface area contributed by atoms with E-state index in [2.05, 4.69) is 34.2 Å². The Labute approximate surface area is 181 Å². The van der Waals surface area contributed by atoms with Crippen LogP contribution in [0.3, 0.4) is 0 Å². The average Bonchev–Trinajstić information content (AvgIpc) is 3.41. The van der Waals surface area contributed by atoms with E-state index in [-0.39, 0.29) is 24.1 Å². The molecule has 9 nitrogen and oxygen atoms in total. The third kappa shape index (κ3) is 4.30. The number of nitrogens with one attached hydrogen (secondary N) is 1. The lowest BCUT2D eigenvalue weighted by molar-refractivity contribution is 0.177. The van der Waals surface area contributed by atoms with E-state index in [1.165, 1.54) is 0 Å². The molecule has 3 heterocycles. The van der Waals surface area contributed by atoms with Crippen LogP contribution in [0, 0.1) is 5.92 Å². The van der Waals surface area contributed by atoms with Crippen LogP contribution in [0.4, 0.5) is 16.6 Å². The van der Waals surface area contributed by atoms with Gasteiger partial charge in [0.05, 0.1) is 31.1 Å². The maximum absolute atomic E-state index is 12.2. The summed E-state index contributed by atoms with van der Waals surface area (Å²) in [6.07, 6.45) is 5.02. The molecule has 4 rings (SSSR count). The first-order chi connectivity index (χ1) is 15.0. The Bertz CT molecular complexity index is 1050. The summed E-state index contributed by atoms with van der Waals surface area (Å²) in [5, 5.41) is 7.74. The van der Waals surface area contributed by atoms with Crippen molar-refractivity contribution < 1.29 is 14.3 Å². The largest absolute Gasteiger partial charge is 0.497 e. The fraction of sp³-hybridized carbons (Fsp3) is 0.364. The first kappa shape index (κ1) is 20.6. The van der Waals surface area contributed by atoms with Gasteiger partial charge in [-0.05, 0) is 43.2 Å². The summed E-state index contributed by atoms with van der Waals surface area (Å²) in [5.74, 6) is 2.01. The quantitative estimate of drug-likeness (QED) is 0.618. The fourth-order valence-electron chi connectivity index (χ4n) is 3.46. The van der Waals surface area contributed by atoms with Crippen LogP contribution in [0.2, 0.25) is 0 Å². The molecule has 3 aromatic rings. The van der Waals surface area contributed by atoms with E-state index in [1.54, 1.807) is 35.2 Å². The van der Waals surface area contributed by atoms with Crippen LogP contribution < -0.4 is 15.0 Å². The van der Waals surface area contributed by atoms with Crippen LogP contribution in [0.5, 0.6) is 5.75 Å². The van der Waals surface area contributed by atoms with Gasteiger partial charge >= 0.3 is 6.09 Å². The summed E-state index contributed by atoms with van der Waals surface area (Å²) in [6.45, 7) is 6.49. The molecule has 1 amide bonds. The molecular weight excluding hydrogens is 396 g/mol. The Morgan fingerprint density at radius 3 is 2.68 bits per heavy atom. The van der Waals surface area contributed by atoms with Gasteiger partial charge in [-0.2, -0.15) is 10.1 Å². The molecule has 1 unspecified atom stereocenters. The highest BCUT2D eigenvalue weighted by molar-refractivity contribution is 5.89. The zero-order chi connectivity index (χ0) is 22.0. The lowest BCUT2D eigenvalue weighted by Crippen LogP contribution is -2.37.